The van der Waals surface area contributed by atoms with Crippen LogP contribution in [0.15, 0.2) is 29.2 Å². The lowest BCUT2D eigenvalue weighted by molar-refractivity contribution is -0.138. The van der Waals surface area contributed by atoms with E-state index in [0.29, 0.717) is 5.75 Å². The predicted octanol–water partition coefficient (Wildman–Crippen LogP) is 0.447. The molecule has 0 spiro atoms. The number of hydrogen-bond donors (Lipinski definition) is 2. The zero-order chi connectivity index (χ0) is 13.1. The Morgan fingerprint density at radius 2 is 1.88 bits per heavy atom. The molecule has 6 nitrogen and oxygen atoms in total. The van der Waals surface area contributed by atoms with Crippen molar-refractivity contribution in [3.05, 3.63) is 24.3 Å². The summed E-state index contributed by atoms with van der Waals surface area (Å²) in [4.78, 5) is 10.6. The molecule has 1 aromatic rings. The van der Waals surface area contributed by atoms with Crippen LogP contribution in [0.1, 0.15) is 6.92 Å². The summed E-state index contributed by atoms with van der Waals surface area (Å²) >= 11 is 0. The van der Waals surface area contributed by atoms with Crippen molar-refractivity contribution in [2.75, 3.05) is 7.11 Å². The first-order chi connectivity index (χ1) is 7.86. The monoisotopic (exact) mass is 259 g/mol. The molecule has 0 amide bonds. The van der Waals surface area contributed by atoms with Gasteiger partial charge in [-0.05, 0) is 31.2 Å². The average Bonchev–Trinajstić information content (AvgIpc) is 2.28. The number of nitrogens with one attached hydrogen (secondary N) is 1. The van der Waals surface area contributed by atoms with Gasteiger partial charge in [-0.1, -0.05) is 0 Å². The molecule has 0 aromatic heterocycles. The minimum atomic E-state index is -3.82. The Bertz CT molecular complexity index is 494. The number of carboxylic acid groups (broad SMARTS) is 1. The molecule has 1 rings (SSSR count). The molecule has 17 heavy (non-hydrogen) atoms. The number of hydrogen-bond acceptors (Lipinski definition) is 4. The number of rotatable bonds is 5. The molecule has 0 bridgehead atoms. The summed E-state index contributed by atoms with van der Waals surface area (Å²) in [6.45, 7) is 1.25. The largest absolute Gasteiger partial charge is 0.497 e. The highest BCUT2D eigenvalue weighted by atomic mass is 32.2. The van der Waals surface area contributed by atoms with Gasteiger partial charge in [-0.3, -0.25) is 4.79 Å². The van der Waals surface area contributed by atoms with Gasteiger partial charge in [0.25, 0.3) is 0 Å². The van der Waals surface area contributed by atoms with Crippen LogP contribution in [-0.2, 0) is 14.8 Å². The molecule has 94 valence electrons. The minimum absolute atomic E-state index is 0.00796. The van der Waals surface area contributed by atoms with Crippen molar-refractivity contribution in [3.8, 4) is 5.75 Å². The van der Waals surface area contributed by atoms with Crippen molar-refractivity contribution >= 4 is 16.0 Å². The van der Waals surface area contributed by atoms with Crippen molar-refractivity contribution in [2.24, 2.45) is 0 Å². The smallest absolute Gasteiger partial charge is 0.321 e. The molecule has 0 aliphatic rings. The van der Waals surface area contributed by atoms with Crippen LogP contribution in [0.5, 0.6) is 5.75 Å². The van der Waals surface area contributed by atoms with Gasteiger partial charge in [0.2, 0.25) is 10.0 Å². The van der Waals surface area contributed by atoms with Crippen molar-refractivity contribution in [2.45, 2.75) is 17.9 Å². The van der Waals surface area contributed by atoms with Crippen LogP contribution in [0, 0.1) is 0 Å². The number of benzene rings is 1. The highest BCUT2D eigenvalue weighted by molar-refractivity contribution is 7.89. The summed E-state index contributed by atoms with van der Waals surface area (Å²) < 4.78 is 30.4. The maximum absolute atomic E-state index is 11.7. The van der Waals surface area contributed by atoms with Crippen LogP contribution in [-0.4, -0.2) is 32.6 Å². The Morgan fingerprint density at radius 1 is 1.35 bits per heavy atom. The van der Waals surface area contributed by atoms with Crippen LogP contribution < -0.4 is 9.46 Å². The van der Waals surface area contributed by atoms with Crippen molar-refractivity contribution < 1.29 is 23.1 Å². The Hall–Kier alpha value is -1.60. The number of carbonyl (C=O) groups is 1. The second-order valence-corrected chi connectivity index (χ2v) is 5.07. The van der Waals surface area contributed by atoms with Gasteiger partial charge in [-0.25, -0.2) is 8.42 Å². The topological polar surface area (TPSA) is 92.7 Å². The van der Waals surface area contributed by atoms with Crippen molar-refractivity contribution in [1.29, 1.82) is 0 Å². The Kier molecular flexibility index (Phi) is 4.08. The highest BCUT2D eigenvalue weighted by Crippen LogP contribution is 2.15. The standard InChI is InChI=1S/C10H13NO5S/c1-7(10(12)13)11-17(14,15)9-5-3-8(16-2)4-6-9/h3-7,11H,1-2H3,(H,12,13)/t7-/m0/s1. The van der Waals surface area contributed by atoms with E-state index in [2.05, 4.69) is 0 Å². The molecule has 0 unspecified atom stereocenters. The van der Waals surface area contributed by atoms with E-state index >= 15 is 0 Å². The minimum Gasteiger partial charge on any atom is -0.497 e. The van der Waals surface area contributed by atoms with E-state index in [4.69, 9.17) is 9.84 Å². The number of ether oxygens (including phenoxy) is 1. The Labute approximate surface area is 99.3 Å². The fourth-order valence-corrected chi connectivity index (χ4v) is 2.30. The van der Waals surface area contributed by atoms with E-state index in [9.17, 15) is 13.2 Å². The molecule has 2 N–H and O–H groups in total. The van der Waals surface area contributed by atoms with E-state index in [1.165, 1.54) is 38.3 Å². The number of sulfonamides is 1. The highest BCUT2D eigenvalue weighted by Gasteiger charge is 2.21. The fraction of sp³-hybridized carbons (Fsp3) is 0.300. The van der Waals surface area contributed by atoms with E-state index in [-0.39, 0.29) is 4.90 Å². The lowest BCUT2D eigenvalue weighted by Gasteiger charge is -2.10. The van der Waals surface area contributed by atoms with Crippen LogP contribution in [0.3, 0.4) is 0 Å². The van der Waals surface area contributed by atoms with E-state index in [0.717, 1.165) is 0 Å². The molecule has 0 fully saturated rings. The quantitative estimate of drug-likeness (QED) is 0.800. The third-order valence-electron chi connectivity index (χ3n) is 2.07. The van der Waals surface area contributed by atoms with Gasteiger partial charge >= 0.3 is 5.97 Å². The first-order valence-electron chi connectivity index (χ1n) is 4.76. The first-order valence-corrected chi connectivity index (χ1v) is 6.24. The van der Waals surface area contributed by atoms with Crippen LogP contribution >= 0.6 is 0 Å². The summed E-state index contributed by atoms with van der Waals surface area (Å²) in [5.74, 6) is -0.711. The number of methoxy groups -OCH3 is 1. The van der Waals surface area contributed by atoms with E-state index in [1.807, 2.05) is 4.72 Å². The van der Waals surface area contributed by atoms with Gasteiger partial charge in [0.1, 0.15) is 11.8 Å². The van der Waals surface area contributed by atoms with Gasteiger partial charge in [-0.15, -0.1) is 0 Å². The SMILES string of the molecule is COc1ccc(S(=O)(=O)N[C@@H](C)C(=O)O)cc1. The number of carboxylic acids is 1. The molecule has 7 heteroatoms. The van der Waals surface area contributed by atoms with Crippen molar-refractivity contribution in [1.82, 2.24) is 4.72 Å². The molecule has 1 aromatic carbocycles. The number of aliphatic carboxylic acids is 1. The van der Waals surface area contributed by atoms with Gasteiger partial charge in [0.15, 0.2) is 0 Å². The third-order valence-corrected chi connectivity index (χ3v) is 3.63. The van der Waals surface area contributed by atoms with Gasteiger partial charge in [0, 0.05) is 0 Å². The lowest BCUT2D eigenvalue weighted by atomic mass is 10.3. The summed E-state index contributed by atoms with van der Waals surface area (Å²) in [5, 5.41) is 8.63. The zero-order valence-electron chi connectivity index (χ0n) is 9.38. The average molecular weight is 259 g/mol. The molecular weight excluding hydrogens is 246 g/mol. The molecule has 0 aliphatic carbocycles. The molecule has 0 aliphatic heterocycles. The Balaban J connectivity index is 2.93. The second-order valence-electron chi connectivity index (χ2n) is 3.36. The maximum Gasteiger partial charge on any atom is 0.321 e. The molecule has 0 heterocycles. The lowest BCUT2D eigenvalue weighted by Crippen LogP contribution is -2.38. The van der Waals surface area contributed by atoms with Crippen LogP contribution in [0.4, 0.5) is 0 Å². The van der Waals surface area contributed by atoms with E-state index in [1.54, 1.807) is 0 Å². The second kappa shape index (κ2) is 5.15. The molecule has 1 atom stereocenters. The molecule has 0 saturated heterocycles. The van der Waals surface area contributed by atoms with Crippen LogP contribution in [0.25, 0.3) is 0 Å². The third kappa shape index (κ3) is 3.43. The van der Waals surface area contributed by atoms with Gasteiger partial charge < -0.3 is 9.84 Å². The van der Waals surface area contributed by atoms with Crippen LogP contribution in [0.2, 0.25) is 0 Å². The first kappa shape index (κ1) is 13.5. The van der Waals surface area contributed by atoms with Crippen molar-refractivity contribution in [3.63, 3.8) is 0 Å². The van der Waals surface area contributed by atoms with Gasteiger partial charge in [0.05, 0.1) is 12.0 Å². The zero-order valence-corrected chi connectivity index (χ0v) is 10.2. The molecule has 0 saturated carbocycles. The summed E-state index contributed by atoms with van der Waals surface area (Å²) in [6, 6.07) is 4.48. The maximum atomic E-state index is 11.7. The Morgan fingerprint density at radius 3 is 2.29 bits per heavy atom. The summed E-state index contributed by atoms with van der Waals surface area (Å²) in [6.07, 6.45) is 0. The summed E-state index contributed by atoms with van der Waals surface area (Å²) in [7, 11) is -2.35. The normalized spacial score (nSPS) is 13.1. The molecular formula is C10H13NO5S. The van der Waals surface area contributed by atoms with Gasteiger partial charge in [-0.2, -0.15) is 4.72 Å². The van der Waals surface area contributed by atoms with E-state index < -0.39 is 22.0 Å². The molecule has 0 radical (unpaired) electrons. The summed E-state index contributed by atoms with van der Waals surface area (Å²) in [5.41, 5.74) is 0. The predicted molar refractivity (Wildman–Crippen MR) is 60.4 cm³/mol. The fourth-order valence-electron chi connectivity index (χ4n) is 1.11.